The average Bonchev–Trinajstić information content (AvgIpc) is 2.50. The van der Waals surface area contributed by atoms with Crippen LogP contribution in [-0.4, -0.2) is 16.5 Å². The molecule has 1 heterocycles. The van der Waals surface area contributed by atoms with Crippen molar-refractivity contribution in [3.63, 3.8) is 0 Å². The highest BCUT2D eigenvalue weighted by atomic mass is 79.9. The molecule has 21 heavy (non-hydrogen) atoms. The van der Waals surface area contributed by atoms with Gasteiger partial charge in [-0.15, -0.1) is 0 Å². The number of aryl methyl sites for hydroxylation is 1. The number of nitrogens with one attached hydrogen (secondary N) is 1. The Morgan fingerprint density at radius 3 is 2.86 bits per heavy atom. The summed E-state index contributed by atoms with van der Waals surface area (Å²) >= 11 is 3.46. The zero-order chi connectivity index (χ0) is 14.7. The first-order valence-electron chi connectivity index (χ1n) is 7.58. The van der Waals surface area contributed by atoms with Gasteiger partial charge in [0.05, 0.1) is 0 Å². The number of hydrogen-bond acceptors (Lipinski definition) is 3. The van der Waals surface area contributed by atoms with Crippen LogP contribution in [0.25, 0.3) is 0 Å². The Labute approximate surface area is 134 Å². The Hall–Kier alpha value is -1.26. The molecule has 0 saturated heterocycles. The third-order valence-corrected chi connectivity index (χ3v) is 4.49. The lowest BCUT2D eigenvalue weighted by molar-refractivity contribution is 0.463. The first kappa shape index (κ1) is 14.7. The van der Waals surface area contributed by atoms with E-state index < -0.39 is 0 Å². The van der Waals surface area contributed by atoms with Gasteiger partial charge in [0.2, 0.25) is 0 Å². The SMILES string of the molecule is CCNC1CCCc2nc(Cc3ccc(Br)cc3)ncc21. The maximum atomic E-state index is 4.80. The van der Waals surface area contributed by atoms with Crippen molar-refractivity contribution >= 4 is 15.9 Å². The molecule has 0 spiro atoms. The quantitative estimate of drug-likeness (QED) is 0.915. The molecule has 0 bridgehead atoms. The zero-order valence-electron chi connectivity index (χ0n) is 12.3. The van der Waals surface area contributed by atoms with E-state index in [1.165, 1.54) is 29.7 Å². The number of aromatic nitrogens is 2. The molecule has 1 atom stereocenters. The van der Waals surface area contributed by atoms with Crippen LogP contribution in [0.3, 0.4) is 0 Å². The molecule has 1 aliphatic carbocycles. The van der Waals surface area contributed by atoms with Crippen molar-refractivity contribution in [2.45, 2.75) is 38.6 Å². The Bertz CT molecular complexity index is 610. The van der Waals surface area contributed by atoms with E-state index in [0.717, 1.165) is 29.7 Å². The van der Waals surface area contributed by atoms with E-state index in [-0.39, 0.29) is 0 Å². The third kappa shape index (κ3) is 3.50. The van der Waals surface area contributed by atoms with Gasteiger partial charge in [0.25, 0.3) is 0 Å². The summed E-state index contributed by atoms with van der Waals surface area (Å²) in [6, 6.07) is 8.80. The van der Waals surface area contributed by atoms with E-state index in [1.54, 1.807) is 0 Å². The van der Waals surface area contributed by atoms with E-state index in [2.05, 4.69) is 57.4 Å². The van der Waals surface area contributed by atoms with Gasteiger partial charge in [-0.05, 0) is 43.5 Å². The average molecular weight is 346 g/mol. The van der Waals surface area contributed by atoms with Crippen molar-refractivity contribution in [1.82, 2.24) is 15.3 Å². The summed E-state index contributed by atoms with van der Waals surface area (Å²) < 4.78 is 1.10. The molecule has 0 saturated carbocycles. The van der Waals surface area contributed by atoms with Crippen LogP contribution < -0.4 is 5.32 Å². The summed E-state index contributed by atoms with van der Waals surface area (Å²) in [7, 11) is 0. The molecule has 2 aromatic rings. The minimum absolute atomic E-state index is 0.431. The van der Waals surface area contributed by atoms with Crippen molar-refractivity contribution < 1.29 is 0 Å². The van der Waals surface area contributed by atoms with E-state index in [9.17, 15) is 0 Å². The summed E-state index contributed by atoms with van der Waals surface area (Å²) in [5.41, 5.74) is 3.77. The molecule has 0 amide bonds. The third-order valence-electron chi connectivity index (χ3n) is 3.96. The van der Waals surface area contributed by atoms with Crippen LogP contribution in [0.4, 0.5) is 0 Å². The molecule has 1 aromatic carbocycles. The fourth-order valence-electron chi connectivity index (χ4n) is 2.92. The van der Waals surface area contributed by atoms with Crippen molar-refractivity contribution in [1.29, 1.82) is 0 Å². The van der Waals surface area contributed by atoms with Gasteiger partial charge >= 0.3 is 0 Å². The number of nitrogens with zero attached hydrogens (tertiary/aromatic N) is 2. The summed E-state index contributed by atoms with van der Waals surface area (Å²) in [6.45, 7) is 3.14. The monoisotopic (exact) mass is 345 g/mol. The highest BCUT2D eigenvalue weighted by molar-refractivity contribution is 9.10. The van der Waals surface area contributed by atoms with Gasteiger partial charge in [0, 0.05) is 34.4 Å². The summed E-state index contributed by atoms with van der Waals surface area (Å²) in [5, 5.41) is 3.53. The van der Waals surface area contributed by atoms with Gasteiger partial charge in [-0.3, -0.25) is 0 Å². The van der Waals surface area contributed by atoms with Gasteiger partial charge in [0.15, 0.2) is 0 Å². The molecule has 1 N–H and O–H groups in total. The van der Waals surface area contributed by atoms with Crippen LogP contribution in [-0.2, 0) is 12.8 Å². The van der Waals surface area contributed by atoms with E-state index in [4.69, 9.17) is 4.98 Å². The van der Waals surface area contributed by atoms with Crippen LogP contribution in [0.15, 0.2) is 34.9 Å². The maximum absolute atomic E-state index is 4.80. The Kier molecular flexibility index (Phi) is 4.66. The first-order chi connectivity index (χ1) is 10.3. The number of rotatable bonds is 4. The lowest BCUT2D eigenvalue weighted by atomic mass is 9.92. The highest BCUT2D eigenvalue weighted by Gasteiger charge is 2.21. The molecule has 0 fully saturated rings. The molecule has 0 aliphatic heterocycles. The minimum atomic E-state index is 0.431. The predicted octanol–water partition coefficient (Wildman–Crippen LogP) is 3.82. The van der Waals surface area contributed by atoms with Crippen LogP contribution in [0, 0.1) is 0 Å². The van der Waals surface area contributed by atoms with Crippen LogP contribution in [0.2, 0.25) is 0 Å². The second-order valence-corrected chi connectivity index (χ2v) is 6.41. The number of hydrogen-bond donors (Lipinski definition) is 1. The van der Waals surface area contributed by atoms with E-state index in [1.807, 2.05) is 6.20 Å². The minimum Gasteiger partial charge on any atom is -0.310 e. The molecule has 110 valence electrons. The smallest absolute Gasteiger partial charge is 0.132 e. The van der Waals surface area contributed by atoms with Gasteiger partial charge in [-0.25, -0.2) is 9.97 Å². The van der Waals surface area contributed by atoms with Crippen LogP contribution in [0.1, 0.15) is 48.5 Å². The van der Waals surface area contributed by atoms with Crippen molar-refractivity contribution in [3.05, 3.63) is 57.6 Å². The number of benzene rings is 1. The van der Waals surface area contributed by atoms with Crippen molar-refractivity contribution in [3.8, 4) is 0 Å². The molecule has 4 heteroatoms. The normalized spacial score (nSPS) is 17.5. The van der Waals surface area contributed by atoms with Gasteiger partial charge in [-0.2, -0.15) is 0 Å². The molecule has 0 radical (unpaired) electrons. The Balaban J connectivity index is 1.80. The Morgan fingerprint density at radius 2 is 2.10 bits per heavy atom. The molecular formula is C17H20BrN3. The number of halogens is 1. The second kappa shape index (κ2) is 6.67. The van der Waals surface area contributed by atoms with Gasteiger partial charge < -0.3 is 5.32 Å². The second-order valence-electron chi connectivity index (χ2n) is 5.49. The first-order valence-corrected chi connectivity index (χ1v) is 8.38. The molecule has 1 aromatic heterocycles. The fourth-order valence-corrected chi connectivity index (χ4v) is 3.18. The molecular weight excluding hydrogens is 326 g/mol. The fraction of sp³-hybridized carbons (Fsp3) is 0.412. The molecule has 3 rings (SSSR count). The standard InChI is InChI=1S/C17H20BrN3/c1-2-19-15-4-3-5-16-14(15)11-20-17(21-16)10-12-6-8-13(18)9-7-12/h6-9,11,15,19H,2-5,10H2,1H3. The topological polar surface area (TPSA) is 37.8 Å². The van der Waals surface area contributed by atoms with Crippen molar-refractivity contribution in [2.24, 2.45) is 0 Å². The van der Waals surface area contributed by atoms with E-state index in [0.29, 0.717) is 6.04 Å². The number of fused-ring (bicyclic) bond motifs is 1. The summed E-state index contributed by atoms with van der Waals surface area (Å²) in [5.74, 6) is 0.924. The van der Waals surface area contributed by atoms with Gasteiger partial charge in [-0.1, -0.05) is 35.0 Å². The lowest BCUT2D eigenvalue weighted by Gasteiger charge is -2.25. The lowest BCUT2D eigenvalue weighted by Crippen LogP contribution is -2.26. The predicted molar refractivity (Wildman–Crippen MR) is 88.3 cm³/mol. The maximum Gasteiger partial charge on any atom is 0.132 e. The van der Waals surface area contributed by atoms with E-state index >= 15 is 0 Å². The van der Waals surface area contributed by atoms with Crippen molar-refractivity contribution in [2.75, 3.05) is 6.54 Å². The molecule has 1 unspecified atom stereocenters. The molecule has 1 aliphatic rings. The summed E-state index contributed by atoms with van der Waals surface area (Å²) in [4.78, 5) is 9.38. The van der Waals surface area contributed by atoms with Crippen LogP contribution >= 0.6 is 15.9 Å². The zero-order valence-corrected chi connectivity index (χ0v) is 13.9. The molecule has 3 nitrogen and oxygen atoms in total. The van der Waals surface area contributed by atoms with Gasteiger partial charge in [0.1, 0.15) is 5.82 Å². The highest BCUT2D eigenvalue weighted by Crippen LogP contribution is 2.28. The Morgan fingerprint density at radius 1 is 1.29 bits per heavy atom. The van der Waals surface area contributed by atoms with Crippen LogP contribution in [0.5, 0.6) is 0 Å². The summed E-state index contributed by atoms with van der Waals surface area (Å²) in [6.07, 6.45) is 6.30. The largest absolute Gasteiger partial charge is 0.310 e.